The van der Waals surface area contributed by atoms with E-state index in [4.69, 9.17) is 0 Å². The summed E-state index contributed by atoms with van der Waals surface area (Å²) in [5, 5.41) is 11.1. The molecule has 1 aromatic carbocycles. The minimum absolute atomic E-state index is 0.0191. The number of hydrogen-bond acceptors (Lipinski definition) is 2. The standard InChI is InChI=1S/C17H20N4O/c1-10-4-5-14-15(9-18-16(14)6-10)17(22)19-11(2)7-13-8-12(3)20-21-13/h4-6,8-9,11,18H,7H2,1-3H3,(H,19,22)(H,20,21). The van der Waals surface area contributed by atoms with Crippen LogP contribution in [0.3, 0.4) is 0 Å². The second kappa shape index (κ2) is 5.67. The fourth-order valence-corrected chi connectivity index (χ4v) is 2.67. The Labute approximate surface area is 129 Å². The molecule has 1 amide bonds. The molecule has 0 saturated carbocycles. The lowest BCUT2D eigenvalue weighted by molar-refractivity contribution is 0.0941. The zero-order valence-electron chi connectivity index (χ0n) is 13.0. The molecule has 0 radical (unpaired) electrons. The second-order valence-corrected chi connectivity index (χ2v) is 5.87. The minimum atomic E-state index is -0.0603. The van der Waals surface area contributed by atoms with Crippen molar-refractivity contribution < 1.29 is 4.79 Å². The molecule has 1 unspecified atom stereocenters. The first-order chi connectivity index (χ1) is 10.5. The average Bonchev–Trinajstić information content (AvgIpc) is 3.04. The summed E-state index contributed by atoms with van der Waals surface area (Å²) in [6.07, 6.45) is 2.47. The zero-order valence-corrected chi connectivity index (χ0v) is 13.0. The van der Waals surface area contributed by atoms with Crippen LogP contribution >= 0.6 is 0 Å². The summed E-state index contributed by atoms with van der Waals surface area (Å²) in [7, 11) is 0. The van der Waals surface area contributed by atoms with Crippen LogP contribution < -0.4 is 5.32 Å². The molecule has 0 aliphatic heterocycles. The molecule has 2 aromatic heterocycles. The zero-order chi connectivity index (χ0) is 15.7. The summed E-state index contributed by atoms with van der Waals surface area (Å²) < 4.78 is 0. The molecule has 0 aliphatic rings. The van der Waals surface area contributed by atoms with Gasteiger partial charge >= 0.3 is 0 Å². The molecule has 5 heteroatoms. The smallest absolute Gasteiger partial charge is 0.253 e. The fraction of sp³-hybridized carbons (Fsp3) is 0.294. The van der Waals surface area contributed by atoms with Gasteiger partial charge in [0.1, 0.15) is 0 Å². The maximum Gasteiger partial charge on any atom is 0.253 e. The number of aryl methyl sites for hydroxylation is 2. The highest BCUT2D eigenvalue weighted by Gasteiger charge is 2.15. The highest BCUT2D eigenvalue weighted by molar-refractivity contribution is 6.06. The summed E-state index contributed by atoms with van der Waals surface area (Å²) in [4.78, 5) is 15.6. The van der Waals surface area contributed by atoms with Gasteiger partial charge in [-0.3, -0.25) is 9.89 Å². The quantitative estimate of drug-likeness (QED) is 0.692. The Hall–Kier alpha value is -2.56. The third-order valence-corrected chi connectivity index (χ3v) is 3.73. The van der Waals surface area contributed by atoms with Gasteiger partial charge in [-0.15, -0.1) is 0 Å². The number of rotatable bonds is 4. The maximum atomic E-state index is 12.5. The molecule has 0 saturated heterocycles. The van der Waals surface area contributed by atoms with Gasteiger partial charge in [0, 0.05) is 35.3 Å². The Morgan fingerprint density at radius 1 is 1.32 bits per heavy atom. The van der Waals surface area contributed by atoms with Gasteiger partial charge in [-0.1, -0.05) is 12.1 Å². The molecule has 5 nitrogen and oxygen atoms in total. The first kappa shape index (κ1) is 14.4. The van der Waals surface area contributed by atoms with E-state index in [9.17, 15) is 4.79 Å². The molecule has 1 atom stereocenters. The maximum absolute atomic E-state index is 12.5. The number of benzene rings is 1. The Kier molecular flexibility index (Phi) is 3.71. The van der Waals surface area contributed by atoms with E-state index >= 15 is 0 Å². The van der Waals surface area contributed by atoms with Crippen LogP contribution in [-0.2, 0) is 6.42 Å². The van der Waals surface area contributed by atoms with Crippen molar-refractivity contribution in [3.05, 3.63) is 53.0 Å². The number of amides is 1. The predicted molar refractivity (Wildman–Crippen MR) is 87.0 cm³/mol. The molecule has 2 heterocycles. The van der Waals surface area contributed by atoms with E-state index in [1.54, 1.807) is 6.20 Å². The van der Waals surface area contributed by atoms with Gasteiger partial charge < -0.3 is 10.3 Å². The predicted octanol–water partition coefficient (Wildman–Crippen LogP) is 2.87. The largest absolute Gasteiger partial charge is 0.360 e. The van der Waals surface area contributed by atoms with Crippen molar-refractivity contribution in [2.75, 3.05) is 0 Å². The number of aromatic nitrogens is 3. The van der Waals surface area contributed by atoms with E-state index in [1.807, 2.05) is 45.0 Å². The van der Waals surface area contributed by atoms with Crippen LogP contribution in [0.4, 0.5) is 0 Å². The third-order valence-electron chi connectivity index (χ3n) is 3.73. The van der Waals surface area contributed by atoms with Gasteiger partial charge in [0.25, 0.3) is 5.91 Å². The van der Waals surface area contributed by atoms with Crippen LogP contribution in [0.15, 0.2) is 30.5 Å². The lowest BCUT2D eigenvalue weighted by atomic mass is 10.1. The second-order valence-electron chi connectivity index (χ2n) is 5.87. The van der Waals surface area contributed by atoms with Crippen LogP contribution in [0, 0.1) is 13.8 Å². The van der Waals surface area contributed by atoms with Crippen molar-refractivity contribution in [3.63, 3.8) is 0 Å². The monoisotopic (exact) mass is 296 g/mol. The molecular formula is C17H20N4O. The summed E-state index contributed by atoms with van der Waals surface area (Å²) in [6, 6.07) is 8.06. The van der Waals surface area contributed by atoms with E-state index in [-0.39, 0.29) is 11.9 Å². The Balaban J connectivity index is 1.72. The molecular weight excluding hydrogens is 276 g/mol. The number of aromatic amines is 2. The Morgan fingerprint density at radius 2 is 2.14 bits per heavy atom. The topological polar surface area (TPSA) is 73.6 Å². The average molecular weight is 296 g/mol. The highest BCUT2D eigenvalue weighted by atomic mass is 16.1. The van der Waals surface area contributed by atoms with Gasteiger partial charge in [-0.2, -0.15) is 5.10 Å². The summed E-state index contributed by atoms with van der Waals surface area (Å²) in [5.74, 6) is -0.0603. The lowest BCUT2D eigenvalue weighted by Gasteiger charge is -2.12. The molecule has 3 rings (SSSR count). The SMILES string of the molecule is Cc1ccc2c(C(=O)NC(C)Cc3cc(C)[nH]n3)c[nH]c2c1. The van der Waals surface area contributed by atoms with Crippen molar-refractivity contribution in [2.45, 2.75) is 33.2 Å². The summed E-state index contributed by atoms with van der Waals surface area (Å²) in [6.45, 7) is 5.99. The Bertz CT molecular complexity index is 815. The molecule has 0 bridgehead atoms. The van der Waals surface area contributed by atoms with Gasteiger partial charge in [0.2, 0.25) is 0 Å². The van der Waals surface area contributed by atoms with Crippen LogP contribution in [-0.4, -0.2) is 27.1 Å². The number of nitrogens with zero attached hydrogens (tertiary/aromatic N) is 1. The number of hydrogen-bond donors (Lipinski definition) is 3. The normalized spacial score (nSPS) is 12.5. The molecule has 0 spiro atoms. The third kappa shape index (κ3) is 2.88. The van der Waals surface area contributed by atoms with E-state index in [2.05, 4.69) is 20.5 Å². The van der Waals surface area contributed by atoms with Gasteiger partial charge in [0.05, 0.1) is 11.3 Å². The first-order valence-electron chi connectivity index (χ1n) is 7.42. The van der Waals surface area contributed by atoms with Crippen molar-refractivity contribution in [2.24, 2.45) is 0 Å². The van der Waals surface area contributed by atoms with E-state index in [0.717, 1.165) is 22.3 Å². The number of carbonyl (C=O) groups excluding carboxylic acids is 1. The first-order valence-corrected chi connectivity index (χ1v) is 7.42. The molecule has 0 fully saturated rings. The van der Waals surface area contributed by atoms with Gasteiger partial charge in [-0.05, 0) is 38.5 Å². The van der Waals surface area contributed by atoms with Gasteiger partial charge in [-0.25, -0.2) is 0 Å². The van der Waals surface area contributed by atoms with Crippen LogP contribution in [0.25, 0.3) is 10.9 Å². The minimum Gasteiger partial charge on any atom is -0.360 e. The van der Waals surface area contributed by atoms with E-state index in [0.29, 0.717) is 12.0 Å². The summed E-state index contributed by atoms with van der Waals surface area (Å²) >= 11 is 0. The van der Waals surface area contributed by atoms with Gasteiger partial charge in [0.15, 0.2) is 0 Å². The van der Waals surface area contributed by atoms with Crippen molar-refractivity contribution in [3.8, 4) is 0 Å². The Morgan fingerprint density at radius 3 is 2.86 bits per heavy atom. The van der Waals surface area contributed by atoms with E-state index < -0.39 is 0 Å². The number of nitrogens with one attached hydrogen (secondary N) is 3. The number of carbonyl (C=O) groups is 1. The number of fused-ring (bicyclic) bond motifs is 1. The van der Waals surface area contributed by atoms with Crippen molar-refractivity contribution >= 4 is 16.8 Å². The molecule has 22 heavy (non-hydrogen) atoms. The molecule has 3 aromatic rings. The van der Waals surface area contributed by atoms with E-state index in [1.165, 1.54) is 5.56 Å². The van der Waals surface area contributed by atoms with Crippen LogP contribution in [0.5, 0.6) is 0 Å². The fourth-order valence-electron chi connectivity index (χ4n) is 2.67. The lowest BCUT2D eigenvalue weighted by Crippen LogP contribution is -2.34. The molecule has 114 valence electrons. The van der Waals surface area contributed by atoms with Crippen molar-refractivity contribution in [1.29, 1.82) is 0 Å². The highest BCUT2D eigenvalue weighted by Crippen LogP contribution is 2.19. The van der Waals surface area contributed by atoms with Crippen LogP contribution in [0.1, 0.15) is 34.2 Å². The number of H-pyrrole nitrogens is 2. The molecule has 0 aliphatic carbocycles. The molecule has 3 N–H and O–H groups in total. The van der Waals surface area contributed by atoms with Crippen molar-refractivity contribution in [1.82, 2.24) is 20.5 Å². The van der Waals surface area contributed by atoms with Crippen LogP contribution in [0.2, 0.25) is 0 Å². The summed E-state index contributed by atoms with van der Waals surface area (Å²) in [5.41, 5.74) is 4.82.